The summed E-state index contributed by atoms with van der Waals surface area (Å²) in [7, 11) is 0. The van der Waals surface area contributed by atoms with Crippen LogP contribution in [-0.2, 0) is 0 Å². The molecule has 1 amide bonds. The molecule has 0 saturated carbocycles. The molecule has 8 heteroatoms. The molecule has 1 aromatic carbocycles. The SMILES string of the molecule is Cc1c(C(=O)N2CCN(c3nc4ccccc4[nH]3)CC2)cnn1-c1ccccn1. The third kappa shape index (κ3) is 3.12. The van der Waals surface area contributed by atoms with Crippen LogP contribution >= 0.6 is 0 Å². The molecule has 5 rings (SSSR count). The van der Waals surface area contributed by atoms with Crippen LogP contribution in [0.15, 0.2) is 54.9 Å². The molecule has 4 heterocycles. The van der Waals surface area contributed by atoms with E-state index in [0.717, 1.165) is 35.8 Å². The van der Waals surface area contributed by atoms with Crippen molar-refractivity contribution in [2.45, 2.75) is 6.92 Å². The minimum absolute atomic E-state index is 0.00828. The van der Waals surface area contributed by atoms with Crippen LogP contribution in [0.2, 0.25) is 0 Å². The van der Waals surface area contributed by atoms with Crippen LogP contribution in [0.1, 0.15) is 16.1 Å². The van der Waals surface area contributed by atoms with Gasteiger partial charge in [0, 0.05) is 32.4 Å². The lowest BCUT2D eigenvalue weighted by atomic mass is 10.2. The first-order valence-electron chi connectivity index (χ1n) is 9.66. The second kappa shape index (κ2) is 7.05. The van der Waals surface area contributed by atoms with Gasteiger partial charge in [0.25, 0.3) is 5.91 Å². The van der Waals surface area contributed by atoms with Crippen molar-refractivity contribution in [2.24, 2.45) is 0 Å². The number of carbonyl (C=O) groups is 1. The van der Waals surface area contributed by atoms with E-state index in [4.69, 9.17) is 0 Å². The predicted molar refractivity (Wildman–Crippen MR) is 110 cm³/mol. The number of aromatic nitrogens is 5. The second-order valence-corrected chi connectivity index (χ2v) is 7.10. The molecular weight excluding hydrogens is 366 g/mol. The van der Waals surface area contributed by atoms with Gasteiger partial charge in [-0.3, -0.25) is 4.79 Å². The molecule has 1 aliphatic rings. The second-order valence-electron chi connectivity index (χ2n) is 7.10. The number of pyridine rings is 1. The van der Waals surface area contributed by atoms with Crippen LogP contribution in [0.25, 0.3) is 16.9 Å². The summed E-state index contributed by atoms with van der Waals surface area (Å²) in [6, 6.07) is 13.6. The van der Waals surface area contributed by atoms with Crippen molar-refractivity contribution in [3.63, 3.8) is 0 Å². The summed E-state index contributed by atoms with van der Waals surface area (Å²) in [6.07, 6.45) is 3.35. The van der Waals surface area contributed by atoms with E-state index in [2.05, 4.69) is 25.0 Å². The number of H-pyrrole nitrogens is 1. The van der Waals surface area contributed by atoms with E-state index in [-0.39, 0.29) is 5.91 Å². The fraction of sp³-hybridized carbons (Fsp3) is 0.238. The first kappa shape index (κ1) is 17.4. The molecule has 0 spiro atoms. The van der Waals surface area contributed by atoms with Crippen molar-refractivity contribution in [2.75, 3.05) is 31.1 Å². The number of aromatic amines is 1. The Kier molecular flexibility index (Phi) is 4.23. The number of carbonyl (C=O) groups excluding carboxylic acids is 1. The van der Waals surface area contributed by atoms with Crippen molar-refractivity contribution in [3.8, 4) is 5.82 Å². The van der Waals surface area contributed by atoms with Gasteiger partial charge in [-0.25, -0.2) is 14.6 Å². The maximum atomic E-state index is 13.1. The van der Waals surface area contributed by atoms with Gasteiger partial charge < -0.3 is 14.8 Å². The third-order valence-electron chi connectivity index (χ3n) is 5.35. The predicted octanol–water partition coefficient (Wildman–Crippen LogP) is 2.41. The highest BCUT2D eigenvalue weighted by Crippen LogP contribution is 2.20. The molecule has 0 unspecified atom stereocenters. The number of anilines is 1. The van der Waals surface area contributed by atoms with Gasteiger partial charge in [0.05, 0.1) is 28.5 Å². The van der Waals surface area contributed by atoms with Crippen molar-refractivity contribution >= 4 is 22.9 Å². The summed E-state index contributed by atoms with van der Waals surface area (Å²) >= 11 is 0. The number of hydrogen-bond acceptors (Lipinski definition) is 5. The Bertz CT molecular complexity index is 1120. The van der Waals surface area contributed by atoms with Crippen molar-refractivity contribution in [1.29, 1.82) is 0 Å². The Morgan fingerprint density at radius 1 is 1.03 bits per heavy atom. The van der Waals surface area contributed by atoms with E-state index < -0.39 is 0 Å². The number of piperazine rings is 1. The molecule has 0 atom stereocenters. The van der Waals surface area contributed by atoms with Gasteiger partial charge in [0.1, 0.15) is 0 Å². The Morgan fingerprint density at radius 2 is 1.83 bits per heavy atom. The average Bonchev–Trinajstić information content (AvgIpc) is 3.37. The highest BCUT2D eigenvalue weighted by molar-refractivity contribution is 5.95. The number of nitrogens with one attached hydrogen (secondary N) is 1. The third-order valence-corrected chi connectivity index (χ3v) is 5.35. The van der Waals surface area contributed by atoms with Crippen LogP contribution < -0.4 is 4.90 Å². The Labute approximate surface area is 167 Å². The summed E-state index contributed by atoms with van der Waals surface area (Å²) in [5.74, 6) is 1.57. The van der Waals surface area contributed by atoms with E-state index in [1.165, 1.54) is 0 Å². The molecule has 1 N–H and O–H groups in total. The molecule has 4 aromatic rings. The first-order chi connectivity index (χ1) is 14.2. The summed E-state index contributed by atoms with van der Waals surface area (Å²) in [5, 5.41) is 4.37. The highest BCUT2D eigenvalue weighted by Gasteiger charge is 2.26. The molecule has 0 radical (unpaired) electrons. The normalized spacial score (nSPS) is 14.5. The summed E-state index contributed by atoms with van der Waals surface area (Å²) in [4.78, 5) is 29.5. The quantitative estimate of drug-likeness (QED) is 0.584. The highest BCUT2D eigenvalue weighted by atomic mass is 16.2. The van der Waals surface area contributed by atoms with E-state index in [1.54, 1.807) is 17.1 Å². The number of imidazole rings is 1. The number of amides is 1. The number of rotatable bonds is 3. The average molecular weight is 387 g/mol. The van der Waals surface area contributed by atoms with Gasteiger partial charge in [0.15, 0.2) is 5.82 Å². The molecule has 3 aromatic heterocycles. The fourth-order valence-corrected chi connectivity index (χ4v) is 3.71. The van der Waals surface area contributed by atoms with Gasteiger partial charge >= 0.3 is 0 Å². The number of hydrogen-bond donors (Lipinski definition) is 1. The molecule has 0 bridgehead atoms. The zero-order chi connectivity index (χ0) is 19.8. The Balaban J connectivity index is 1.30. The molecule has 1 fully saturated rings. The minimum Gasteiger partial charge on any atom is -0.339 e. The van der Waals surface area contributed by atoms with E-state index >= 15 is 0 Å². The zero-order valence-electron chi connectivity index (χ0n) is 16.1. The van der Waals surface area contributed by atoms with Gasteiger partial charge in [-0.2, -0.15) is 5.10 Å². The Hall–Kier alpha value is -3.68. The number of para-hydroxylation sites is 2. The molecule has 1 saturated heterocycles. The lowest BCUT2D eigenvalue weighted by Crippen LogP contribution is -2.49. The fourth-order valence-electron chi connectivity index (χ4n) is 3.71. The number of nitrogens with zero attached hydrogens (tertiary/aromatic N) is 6. The smallest absolute Gasteiger partial charge is 0.257 e. The standard InChI is InChI=1S/C21H21N7O/c1-15-16(14-23-28(15)19-8-4-5-9-22-19)20(29)26-10-12-27(13-11-26)21-24-17-6-2-3-7-18(17)25-21/h2-9,14H,10-13H2,1H3,(H,24,25). The largest absolute Gasteiger partial charge is 0.339 e. The number of benzene rings is 1. The molecule has 29 heavy (non-hydrogen) atoms. The zero-order valence-corrected chi connectivity index (χ0v) is 16.1. The molecule has 8 nitrogen and oxygen atoms in total. The lowest BCUT2D eigenvalue weighted by molar-refractivity contribution is 0.0745. The van der Waals surface area contributed by atoms with Gasteiger partial charge in [0.2, 0.25) is 5.95 Å². The molecule has 0 aliphatic carbocycles. The summed E-state index contributed by atoms with van der Waals surface area (Å²) in [5.41, 5.74) is 3.40. The summed E-state index contributed by atoms with van der Waals surface area (Å²) in [6.45, 7) is 4.66. The van der Waals surface area contributed by atoms with Gasteiger partial charge in [-0.05, 0) is 31.2 Å². The molecule has 146 valence electrons. The summed E-state index contributed by atoms with van der Waals surface area (Å²) < 4.78 is 1.71. The first-order valence-corrected chi connectivity index (χ1v) is 9.66. The van der Waals surface area contributed by atoms with E-state index in [1.807, 2.05) is 54.3 Å². The van der Waals surface area contributed by atoms with E-state index in [0.29, 0.717) is 24.5 Å². The van der Waals surface area contributed by atoms with E-state index in [9.17, 15) is 4.79 Å². The van der Waals surface area contributed by atoms with Gasteiger partial charge in [-0.1, -0.05) is 18.2 Å². The van der Waals surface area contributed by atoms with Crippen LogP contribution in [0, 0.1) is 6.92 Å². The van der Waals surface area contributed by atoms with Crippen molar-refractivity contribution in [3.05, 3.63) is 66.1 Å². The minimum atomic E-state index is 0.00828. The van der Waals surface area contributed by atoms with Gasteiger partial charge in [-0.15, -0.1) is 0 Å². The molecular formula is C21H21N7O. The van der Waals surface area contributed by atoms with Crippen LogP contribution in [0.4, 0.5) is 5.95 Å². The van der Waals surface area contributed by atoms with Crippen LogP contribution in [0.3, 0.4) is 0 Å². The van der Waals surface area contributed by atoms with Crippen LogP contribution in [0.5, 0.6) is 0 Å². The van der Waals surface area contributed by atoms with Crippen molar-refractivity contribution < 1.29 is 4.79 Å². The number of fused-ring (bicyclic) bond motifs is 1. The topological polar surface area (TPSA) is 82.9 Å². The molecule has 1 aliphatic heterocycles. The van der Waals surface area contributed by atoms with Crippen LogP contribution in [-0.4, -0.2) is 61.7 Å². The monoisotopic (exact) mass is 387 g/mol. The maximum absolute atomic E-state index is 13.1. The van der Waals surface area contributed by atoms with Crippen molar-refractivity contribution in [1.82, 2.24) is 29.6 Å². The Morgan fingerprint density at radius 3 is 2.59 bits per heavy atom. The lowest BCUT2D eigenvalue weighted by Gasteiger charge is -2.34. The maximum Gasteiger partial charge on any atom is 0.257 e.